The second-order valence-corrected chi connectivity index (χ2v) is 14.6. The molecule has 0 aliphatic carbocycles. The van der Waals surface area contributed by atoms with E-state index in [4.69, 9.17) is 13.1 Å². The third-order valence-electron chi connectivity index (χ3n) is 8.04. The van der Waals surface area contributed by atoms with Gasteiger partial charge in [-0.15, -0.1) is 0 Å². The minimum Gasteiger partial charge on any atom is -0.450 e. The molecule has 3 rings (SSSR count). The van der Waals surface area contributed by atoms with E-state index in [9.17, 15) is 44.5 Å². The molecule has 0 radical (unpaired) electrons. The molecule has 0 heterocycles. The molecule has 0 bridgehead atoms. The van der Waals surface area contributed by atoms with Gasteiger partial charge in [0.15, 0.2) is 0 Å². The molecule has 0 aliphatic heterocycles. The zero-order valence-electron chi connectivity index (χ0n) is 27.1. The molecule has 0 aliphatic rings. The Kier molecular flexibility index (Phi) is 13.7. The topological polar surface area (TPSA) is 139 Å². The van der Waals surface area contributed by atoms with Crippen molar-refractivity contribution in [3.63, 3.8) is 0 Å². The first-order chi connectivity index (χ1) is 22.6. The number of hydrogen-bond donors (Lipinski definition) is 0. The van der Waals surface area contributed by atoms with Gasteiger partial charge in [0.1, 0.15) is 5.75 Å². The summed E-state index contributed by atoms with van der Waals surface area (Å²) in [6, 6.07) is 5.07. The standard InChI is InChI=1S/C32H39F4NO9S2/c1-5-9-11-20(7-3)18-44-47(40,41)23-13-14-25-22(15-23)16-24(48(42,43)45-19-21(8-4)12-10-6-2)17-26(25)46-32-29(35)27(33)31(37(38)39)28(34)30(32)36/h13-17,20-21H,5-12,18-19H2,1-4H3. The van der Waals surface area contributed by atoms with Gasteiger partial charge in [-0.25, -0.2) is 0 Å². The minimum absolute atomic E-state index is 0.0365. The van der Waals surface area contributed by atoms with Crippen molar-refractivity contribution >= 4 is 36.7 Å². The Balaban J connectivity index is 2.16. The second-order valence-electron chi connectivity index (χ2n) is 11.4. The average Bonchev–Trinajstić information content (AvgIpc) is 3.05. The van der Waals surface area contributed by atoms with Gasteiger partial charge in [-0.1, -0.05) is 66.2 Å². The van der Waals surface area contributed by atoms with Crippen molar-refractivity contribution in [2.75, 3.05) is 13.2 Å². The van der Waals surface area contributed by atoms with Gasteiger partial charge >= 0.3 is 5.69 Å². The van der Waals surface area contributed by atoms with E-state index in [0.717, 1.165) is 62.4 Å². The highest BCUT2D eigenvalue weighted by atomic mass is 32.2. The Morgan fingerprint density at radius 1 is 0.729 bits per heavy atom. The molecule has 0 saturated carbocycles. The summed E-state index contributed by atoms with van der Waals surface area (Å²) in [6.07, 6.45) is 6.20. The number of hydrogen-bond acceptors (Lipinski definition) is 9. The van der Waals surface area contributed by atoms with Crippen LogP contribution in [0.2, 0.25) is 0 Å². The molecule has 0 aromatic heterocycles. The number of unbranched alkanes of at least 4 members (excludes halogenated alkanes) is 2. The number of nitrogens with zero attached hydrogens (tertiary/aromatic N) is 1. The number of fused-ring (bicyclic) bond motifs is 1. The summed E-state index contributed by atoms with van der Waals surface area (Å²) in [5.41, 5.74) is -2.09. The Morgan fingerprint density at radius 3 is 1.67 bits per heavy atom. The number of rotatable bonds is 19. The molecule has 48 heavy (non-hydrogen) atoms. The zero-order chi connectivity index (χ0) is 35.8. The van der Waals surface area contributed by atoms with Crippen LogP contribution in [0.25, 0.3) is 10.8 Å². The maximum Gasteiger partial charge on any atom is 0.346 e. The van der Waals surface area contributed by atoms with Gasteiger partial charge in [0.05, 0.1) is 27.9 Å². The Labute approximate surface area is 277 Å². The van der Waals surface area contributed by atoms with Gasteiger partial charge in [-0.3, -0.25) is 18.5 Å². The van der Waals surface area contributed by atoms with Crippen molar-refractivity contribution in [3.8, 4) is 11.5 Å². The Hall–Kier alpha value is -3.34. The Morgan fingerprint density at radius 2 is 1.21 bits per heavy atom. The molecular weight excluding hydrogens is 682 g/mol. The lowest BCUT2D eigenvalue weighted by molar-refractivity contribution is -0.390. The fraction of sp³-hybridized carbons (Fsp3) is 0.500. The molecule has 2 unspecified atom stereocenters. The summed E-state index contributed by atoms with van der Waals surface area (Å²) in [4.78, 5) is 8.35. The average molecular weight is 722 g/mol. The summed E-state index contributed by atoms with van der Waals surface area (Å²) in [6.45, 7) is 7.44. The highest BCUT2D eigenvalue weighted by Crippen LogP contribution is 2.40. The van der Waals surface area contributed by atoms with Crippen LogP contribution in [0, 0.1) is 45.2 Å². The number of nitro groups is 1. The van der Waals surface area contributed by atoms with Gasteiger partial charge in [0.25, 0.3) is 20.2 Å². The molecule has 0 spiro atoms. The summed E-state index contributed by atoms with van der Waals surface area (Å²) < 4.78 is 127. The molecule has 0 N–H and O–H groups in total. The molecule has 266 valence electrons. The molecule has 3 aromatic rings. The highest BCUT2D eigenvalue weighted by Gasteiger charge is 2.35. The Bertz CT molecular complexity index is 1800. The summed E-state index contributed by atoms with van der Waals surface area (Å²) in [5, 5.41) is 10.7. The fourth-order valence-corrected chi connectivity index (χ4v) is 6.98. The van der Waals surface area contributed by atoms with Crippen molar-refractivity contribution in [1.29, 1.82) is 0 Å². The zero-order valence-corrected chi connectivity index (χ0v) is 28.7. The smallest absolute Gasteiger partial charge is 0.346 e. The van der Waals surface area contributed by atoms with Crippen LogP contribution in [0.3, 0.4) is 0 Å². The molecular formula is C32H39F4NO9S2. The number of halogens is 4. The van der Waals surface area contributed by atoms with Crippen LogP contribution in [0.4, 0.5) is 23.2 Å². The van der Waals surface area contributed by atoms with E-state index in [2.05, 4.69) is 0 Å². The molecule has 3 aromatic carbocycles. The third-order valence-corrected chi connectivity index (χ3v) is 10.6. The van der Waals surface area contributed by atoms with Crippen molar-refractivity contribution in [3.05, 3.63) is 63.7 Å². The lowest BCUT2D eigenvalue weighted by Gasteiger charge is -2.17. The van der Waals surface area contributed by atoms with Gasteiger partial charge in [0, 0.05) is 11.5 Å². The summed E-state index contributed by atoms with van der Waals surface area (Å²) in [5.74, 6) is -11.8. The van der Waals surface area contributed by atoms with Gasteiger partial charge in [-0.05, 0) is 54.3 Å². The van der Waals surface area contributed by atoms with Crippen LogP contribution in [0.5, 0.6) is 11.5 Å². The predicted octanol–water partition coefficient (Wildman–Crippen LogP) is 8.94. The quantitative estimate of drug-likeness (QED) is 0.0390. The van der Waals surface area contributed by atoms with Crippen LogP contribution < -0.4 is 4.74 Å². The maximum atomic E-state index is 14.9. The molecule has 10 nitrogen and oxygen atoms in total. The fourth-order valence-electron chi connectivity index (χ4n) is 4.93. The van der Waals surface area contributed by atoms with Gasteiger partial charge in [0.2, 0.25) is 29.0 Å². The molecule has 0 amide bonds. The van der Waals surface area contributed by atoms with E-state index < -0.39 is 70.5 Å². The number of ether oxygens (including phenoxy) is 1. The van der Waals surface area contributed by atoms with Crippen LogP contribution >= 0.6 is 0 Å². The lowest BCUT2D eigenvalue weighted by Crippen LogP contribution is -2.15. The normalized spacial score (nSPS) is 13.5. The van der Waals surface area contributed by atoms with E-state index in [1.807, 2.05) is 27.7 Å². The van der Waals surface area contributed by atoms with E-state index in [-0.39, 0.29) is 40.7 Å². The van der Waals surface area contributed by atoms with E-state index in [1.165, 1.54) is 0 Å². The van der Waals surface area contributed by atoms with Crippen molar-refractivity contribution in [2.24, 2.45) is 11.8 Å². The molecule has 16 heteroatoms. The first-order valence-electron chi connectivity index (χ1n) is 15.7. The van der Waals surface area contributed by atoms with E-state index >= 15 is 0 Å². The largest absolute Gasteiger partial charge is 0.450 e. The number of benzene rings is 3. The van der Waals surface area contributed by atoms with Crippen LogP contribution in [-0.4, -0.2) is 35.0 Å². The van der Waals surface area contributed by atoms with Crippen LogP contribution in [-0.2, 0) is 28.6 Å². The monoisotopic (exact) mass is 721 g/mol. The van der Waals surface area contributed by atoms with Crippen molar-refractivity contribution < 1.29 is 52.4 Å². The second kappa shape index (κ2) is 16.9. The van der Waals surface area contributed by atoms with Gasteiger partial charge in [-0.2, -0.15) is 34.4 Å². The minimum atomic E-state index is -4.62. The molecule has 0 saturated heterocycles. The maximum absolute atomic E-state index is 14.9. The van der Waals surface area contributed by atoms with E-state index in [0.29, 0.717) is 19.3 Å². The first kappa shape index (κ1) is 39.1. The van der Waals surface area contributed by atoms with Crippen molar-refractivity contribution in [2.45, 2.75) is 88.9 Å². The van der Waals surface area contributed by atoms with Gasteiger partial charge < -0.3 is 4.74 Å². The molecule has 0 fully saturated rings. The van der Waals surface area contributed by atoms with Crippen molar-refractivity contribution in [1.82, 2.24) is 0 Å². The summed E-state index contributed by atoms with van der Waals surface area (Å²) in [7, 11) is -9.00. The highest BCUT2D eigenvalue weighted by molar-refractivity contribution is 7.87. The summed E-state index contributed by atoms with van der Waals surface area (Å²) >= 11 is 0. The third kappa shape index (κ3) is 9.21. The number of nitro benzene ring substituents is 1. The van der Waals surface area contributed by atoms with E-state index in [1.54, 1.807) is 0 Å². The van der Waals surface area contributed by atoms with Crippen LogP contribution in [0.1, 0.15) is 79.1 Å². The first-order valence-corrected chi connectivity index (χ1v) is 18.5. The molecule has 2 atom stereocenters. The predicted molar refractivity (Wildman–Crippen MR) is 170 cm³/mol. The SMILES string of the molecule is CCCCC(CC)COS(=O)(=O)c1ccc2c(Oc3c(F)c(F)c([N+](=O)[O-])c(F)c3F)cc(S(=O)(=O)OCC(CC)CCCC)cc2c1. The lowest BCUT2D eigenvalue weighted by atomic mass is 10.0. The van der Waals surface area contributed by atoms with Crippen LogP contribution in [0.15, 0.2) is 40.1 Å².